The molecule has 0 saturated heterocycles. The van der Waals surface area contributed by atoms with Gasteiger partial charge in [-0.15, -0.1) is 12.3 Å². The van der Waals surface area contributed by atoms with Gasteiger partial charge in [0.1, 0.15) is 6.61 Å². The molecule has 0 atom stereocenters. The number of carbonyl (C=O) groups excluding carboxylic acids is 1. The van der Waals surface area contributed by atoms with Crippen molar-refractivity contribution in [3.05, 3.63) is 0 Å². The Morgan fingerprint density at radius 1 is 1.78 bits per heavy atom. The van der Waals surface area contributed by atoms with Crippen molar-refractivity contribution >= 4 is 5.78 Å². The van der Waals surface area contributed by atoms with Gasteiger partial charge in [-0.25, -0.2) is 0 Å². The minimum atomic E-state index is 0.0652. The molecule has 0 spiro atoms. The summed E-state index contributed by atoms with van der Waals surface area (Å²) >= 11 is 0. The van der Waals surface area contributed by atoms with Gasteiger partial charge in [-0.1, -0.05) is 0 Å². The Hall–Kier alpha value is -0.810. The van der Waals surface area contributed by atoms with Crippen LogP contribution in [0.5, 0.6) is 0 Å². The highest BCUT2D eigenvalue weighted by Crippen LogP contribution is 1.88. The second-order valence-electron chi connectivity index (χ2n) is 1.68. The number of carbonyl (C=O) groups is 1. The van der Waals surface area contributed by atoms with Gasteiger partial charge in [-0.05, 0) is 0 Å². The maximum absolute atomic E-state index is 10.6. The normalized spacial score (nSPS) is 8.44. The summed E-state index contributed by atoms with van der Waals surface area (Å²) in [6.07, 6.45) is 5.88. The van der Waals surface area contributed by atoms with Gasteiger partial charge in [0.2, 0.25) is 0 Å². The zero-order chi connectivity index (χ0) is 7.11. The van der Waals surface area contributed by atoms with Crippen LogP contribution in [0, 0.1) is 12.3 Å². The highest BCUT2D eigenvalue weighted by molar-refractivity contribution is 5.79. The minimum absolute atomic E-state index is 0.0652. The fourth-order valence-corrected chi connectivity index (χ4v) is 0.445. The van der Waals surface area contributed by atoms with E-state index >= 15 is 0 Å². The molecule has 0 aromatic heterocycles. The number of Topliss-reactive ketones (excluding diaryl/α,β-unsaturated/α-hetero) is 1. The lowest BCUT2D eigenvalue weighted by Gasteiger charge is -1.92. The number of terminal acetylenes is 1. The predicted octanol–water partition coefficient (Wildman–Crippen LogP) is 0.615. The summed E-state index contributed by atoms with van der Waals surface area (Å²) in [5, 5.41) is 0. The molecule has 50 valence electrons. The van der Waals surface area contributed by atoms with Crippen LogP contribution in [0.15, 0.2) is 0 Å². The van der Waals surface area contributed by atoms with E-state index in [4.69, 9.17) is 6.42 Å². The molecule has 0 amide bonds. The molecule has 2 nitrogen and oxygen atoms in total. The first kappa shape index (κ1) is 8.19. The van der Waals surface area contributed by atoms with Crippen molar-refractivity contribution in [2.75, 3.05) is 13.7 Å². The highest BCUT2D eigenvalue weighted by atomic mass is 16.5. The summed E-state index contributed by atoms with van der Waals surface area (Å²) in [6, 6.07) is 0. The summed E-state index contributed by atoms with van der Waals surface area (Å²) in [5.41, 5.74) is 0. The topological polar surface area (TPSA) is 26.3 Å². The van der Waals surface area contributed by atoms with E-state index in [1.807, 2.05) is 0 Å². The minimum Gasteiger partial charge on any atom is -0.377 e. The van der Waals surface area contributed by atoms with Crippen LogP contribution < -0.4 is 0 Å². The molecule has 0 radical (unpaired) electrons. The highest BCUT2D eigenvalue weighted by Gasteiger charge is 1.96. The smallest absolute Gasteiger partial charge is 0.159 e. The monoisotopic (exact) mass is 126 g/mol. The third kappa shape index (κ3) is 5.05. The Morgan fingerprint density at radius 3 is 2.89 bits per heavy atom. The number of methoxy groups -OCH3 is 1. The molecule has 0 aliphatic carbocycles. The molecular weight excluding hydrogens is 116 g/mol. The van der Waals surface area contributed by atoms with E-state index in [-0.39, 0.29) is 12.4 Å². The molecule has 0 aromatic rings. The molecule has 0 unspecified atom stereocenters. The van der Waals surface area contributed by atoms with Crippen LogP contribution in [0.25, 0.3) is 0 Å². The third-order valence-corrected chi connectivity index (χ3v) is 0.854. The van der Waals surface area contributed by atoms with Crippen molar-refractivity contribution in [2.24, 2.45) is 0 Å². The fraction of sp³-hybridized carbons (Fsp3) is 0.571. The van der Waals surface area contributed by atoms with Crippen LogP contribution in [0.4, 0.5) is 0 Å². The van der Waals surface area contributed by atoms with Crippen molar-refractivity contribution < 1.29 is 9.53 Å². The van der Waals surface area contributed by atoms with Crippen LogP contribution >= 0.6 is 0 Å². The van der Waals surface area contributed by atoms with E-state index in [1.165, 1.54) is 7.11 Å². The molecule has 2 heteroatoms. The first-order chi connectivity index (χ1) is 4.31. The second-order valence-corrected chi connectivity index (χ2v) is 1.68. The number of ketones is 1. The van der Waals surface area contributed by atoms with Gasteiger partial charge in [0.25, 0.3) is 0 Å². The molecule has 0 fully saturated rings. The molecular formula is C7H10O2. The number of hydrogen-bond acceptors (Lipinski definition) is 2. The van der Waals surface area contributed by atoms with Crippen LogP contribution in [-0.4, -0.2) is 19.5 Å². The van der Waals surface area contributed by atoms with Gasteiger partial charge in [-0.3, -0.25) is 4.79 Å². The average Bonchev–Trinajstić information content (AvgIpc) is 1.85. The van der Waals surface area contributed by atoms with Gasteiger partial charge >= 0.3 is 0 Å². The molecule has 0 aliphatic rings. The molecule has 0 rings (SSSR count). The van der Waals surface area contributed by atoms with Crippen molar-refractivity contribution in [3.8, 4) is 12.3 Å². The molecule has 0 heterocycles. The van der Waals surface area contributed by atoms with E-state index in [2.05, 4.69) is 10.7 Å². The standard InChI is InChI=1S/C7H10O2/c1-3-4-5-7(8)6-9-2/h1H,4-6H2,2H3. The summed E-state index contributed by atoms with van der Waals surface area (Å²) in [4.78, 5) is 10.6. The van der Waals surface area contributed by atoms with E-state index in [0.717, 1.165) is 0 Å². The van der Waals surface area contributed by atoms with E-state index < -0.39 is 0 Å². The van der Waals surface area contributed by atoms with E-state index in [0.29, 0.717) is 12.8 Å². The van der Waals surface area contributed by atoms with E-state index in [9.17, 15) is 4.79 Å². The molecule has 0 aromatic carbocycles. The molecule has 0 aliphatic heterocycles. The van der Waals surface area contributed by atoms with Crippen molar-refractivity contribution in [2.45, 2.75) is 12.8 Å². The Morgan fingerprint density at radius 2 is 2.44 bits per heavy atom. The fourth-order valence-electron chi connectivity index (χ4n) is 0.445. The van der Waals surface area contributed by atoms with Crippen LogP contribution in [-0.2, 0) is 9.53 Å². The van der Waals surface area contributed by atoms with Gasteiger partial charge in [0, 0.05) is 20.0 Å². The van der Waals surface area contributed by atoms with E-state index in [1.54, 1.807) is 0 Å². The Balaban J connectivity index is 3.19. The summed E-state index contributed by atoms with van der Waals surface area (Å²) in [7, 11) is 1.49. The first-order valence-corrected chi connectivity index (χ1v) is 2.75. The molecule has 0 bridgehead atoms. The van der Waals surface area contributed by atoms with Gasteiger partial charge in [0.15, 0.2) is 5.78 Å². The van der Waals surface area contributed by atoms with Crippen molar-refractivity contribution in [1.82, 2.24) is 0 Å². The maximum Gasteiger partial charge on any atom is 0.159 e. The predicted molar refractivity (Wildman–Crippen MR) is 34.9 cm³/mol. The Kier molecular flexibility index (Phi) is 4.85. The molecule has 9 heavy (non-hydrogen) atoms. The average molecular weight is 126 g/mol. The van der Waals surface area contributed by atoms with Crippen LogP contribution in [0.2, 0.25) is 0 Å². The largest absolute Gasteiger partial charge is 0.377 e. The van der Waals surface area contributed by atoms with Gasteiger partial charge < -0.3 is 4.74 Å². The zero-order valence-electron chi connectivity index (χ0n) is 5.52. The van der Waals surface area contributed by atoms with Crippen molar-refractivity contribution in [3.63, 3.8) is 0 Å². The summed E-state index contributed by atoms with van der Waals surface area (Å²) in [6.45, 7) is 0.182. The zero-order valence-corrected chi connectivity index (χ0v) is 5.52. The molecule has 0 N–H and O–H groups in total. The first-order valence-electron chi connectivity index (χ1n) is 2.75. The van der Waals surface area contributed by atoms with Crippen LogP contribution in [0.1, 0.15) is 12.8 Å². The molecule has 0 saturated carbocycles. The van der Waals surface area contributed by atoms with Crippen LogP contribution in [0.3, 0.4) is 0 Å². The van der Waals surface area contributed by atoms with Crippen molar-refractivity contribution in [1.29, 1.82) is 0 Å². The SMILES string of the molecule is C#CCCC(=O)COC. The lowest BCUT2D eigenvalue weighted by atomic mass is 10.2. The lowest BCUT2D eigenvalue weighted by molar-refractivity contribution is -0.122. The van der Waals surface area contributed by atoms with Gasteiger partial charge in [-0.2, -0.15) is 0 Å². The number of rotatable bonds is 4. The summed E-state index contributed by atoms with van der Waals surface area (Å²) < 4.78 is 4.58. The maximum atomic E-state index is 10.6. The number of ether oxygens (including phenoxy) is 1. The quantitative estimate of drug-likeness (QED) is 0.516. The second kappa shape index (κ2) is 5.33. The number of hydrogen-bond donors (Lipinski definition) is 0. The third-order valence-electron chi connectivity index (χ3n) is 0.854. The lowest BCUT2D eigenvalue weighted by Crippen LogP contribution is -2.04. The Bertz CT molecular complexity index is 121. The van der Waals surface area contributed by atoms with Gasteiger partial charge in [0.05, 0.1) is 0 Å². The Labute approximate surface area is 55.2 Å². The summed E-state index contributed by atoms with van der Waals surface area (Å²) in [5.74, 6) is 2.45.